The van der Waals surface area contributed by atoms with Crippen molar-refractivity contribution in [2.24, 2.45) is 0 Å². The van der Waals surface area contributed by atoms with Crippen LogP contribution < -0.4 is 5.32 Å². The molecule has 1 N–H and O–H groups in total. The predicted octanol–water partition coefficient (Wildman–Crippen LogP) is 1.39. The summed E-state index contributed by atoms with van der Waals surface area (Å²) in [4.78, 5) is 12.5. The van der Waals surface area contributed by atoms with Gasteiger partial charge in [0.25, 0.3) is 5.69 Å². The number of piperazine rings is 1. The second-order valence-corrected chi connectivity index (χ2v) is 4.51. The molecule has 5 nitrogen and oxygen atoms in total. The summed E-state index contributed by atoms with van der Waals surface area (Å²) < 4.78 is 0. The van der Waals surface area contributed by atoms with E-state index in [0.29, 0.717) is 6.04 Å². The van der Waals surface area contributed by atoms with Gasteiger partial charge in [0, 0.05) is 44.4 Å². The second kappa shape index (κ2) is 5.25. The molecular weight excluding hydrogens is 218 g/mol. The first-order valence-electron chi connectivity index (χ1n) is 5.84. The van der Waals surface area contributed by atoms with Gasteiger partial charge in [-0.05, 0) is 12.5 Å². The van der Waals surface area contributed by atoms with E-state index < -0.39 is 0 Å². The third-order valence-electron chi connectivity index (χ3n) is 3.01. The van der Waals surface area contributed by atoms with Gasteiger partial charge >= 0.3 is 0 Å². The molecule has 1 aromatic carbocycles. The summed E-state index contributed by atoms with van der Waals surface area (Å²) in [6.45, 7) is 6.10. The lowest BCUT2D eigenvalue weighted by Crippen LogP contribution is -2.48. The maximum atomic E-state index is 10.5. The number of nitro groups is 1. The summed E-state index contributed by atoms with van der Waals surface area (Å²) in [7, 11) is 0. The second-order valence-electron chi connectivity index (χ2n) is 4.51. The van der Waals surface area contributed by atoms with Crippen LogP contribution in [0.5, 0.6) is 0 Å². The molecule has 2 rings (SSSR count). The van der Waals surface area contributed by atoms with Crippen molar-refractivity contribution < 1.29 is 4.92 Å². The van der Waals surface area contributed by atoms with E-state index in [1.165, 1.54) is 0 Å². The number of non-ortho nitro benzene ring substituents is 1. The van der Waals surface area contributed by atoms with Crippen LogP contribution in [-0.4, -0.2) is 35.5 Å². The summed E-state index contributed by atoms with van der Waals surface area (Å²) >= 11 is 0. The van der Waals surface area contributed by atoms with E-state index in [4.69, 9.17) is 0 Å². The molecular formula is C12H17N3O2. The first-order valence-corrected chi connectivity index (χ1v) is 5.84. The van der Waals surface area contributed by atoms with Gasteiger partial charge in [-0.25, -0.2) is 0 Å². The first kappa shape index (κ1) is 12.0. The molecule has 1 aliphatic heterocycles. The van der Waals surface area contributed by atoms with Gasteiger partial charge in [0.15, 0.2) is 0 Å². The molecule has 92 valence electrons. The zero-order valence-corrected chi connectivity index (χ0v) is 9.93. The molecule has 0 amide bonds. The van der Waals surface area contributed by atoms with E-state index in [-0.39, 0.29) is 10.6 Å². The Hall–Kier alpha value is -1.46. The SMILES string of the molecule is CC1CN(Cc2ccc([N+](=O)[O-])cc2)CCN1. The van der Waals surface area contributed by atoms with E-state index in [1.54, 1.807) is 12.1 Å². The highest BCUT2D eigenvalue weighted by Crippen LogP contribution is 2.14. The van der Waals surface area contributed by atoms with Crippen LogP contribution >= 0.6 is 0 Å². The Morgan fingerprint density at radius 2 is 2.18 bits per heavy atom. The van der Waals surface area contributed by atoms with Crippen molar-refractivity contribution in [1.82, 2.24) is 10.2 Å². The van der Waals surface area contributed by atoms with E-state index in [2.05, 4.69) is 17.1 Å². The highest BCUT2D eigenvalue weighted by atomic mass is 16.6. The van der Waals surface area contributed by atoms with Gasteiger partial charge < -0.3 is 5.32 Å². The monoisotopic (exact) mass is 235 g/mol. The van der Waals surface area contributed by atoms with E-state index in [0.717, 1.165) is 31.7 Å². The molecule has 0 aromatic heterocycles. The van der Waals surface area contributed by atoms with E-state index >= 15 is 0 Å². The molecule has 0 aliphatic carbocycles. The van der Waals surface area contributed by atoms with Crippen molar-refractivity contribution in [3.05, 3.63) is 39.9 Å². The third kappa shape index (κ3) is 3.25. The summed E-state index contributed by atoms with van der Waals surface area (Å²) in [5.41, 5.74) is 1.28. The van der Waals surface area contributed by atoms with Crippen molar-refractivity contribution >= 4 is 5.69 Å². The molecule has 1 unspecified atom stereocenters. The molecule has 0 spiro atoms. The Morgan fingerprint density at radius 3 is 2.76 bits per heavy atom. The molecule has 0 saturated carbocycles. The Labute approximate surface area is 101 Å². The lowest BCUT2D eigenvalue weighted by Gasteiger charge is -2.31. The van der Waals surface area contributed by atoms with Gasteiger partial charge in [-0.2, -0.15) is 0 Å². The Balaban J connectivity index is 1.96. The van der Waals surface area contributed by atoms with Crippen LogP contribution in [0.15, 0.2) is 24.3 Å². The minimum atomic E-state index is -0.364. The van der Waals surface area contributed by atoms with Crippen LogP contribution in [0.3, 0.4) is 0 Å². The number of nitrogens with one attached hydrogen (secondary N) is 1. The van der Waals surface area contributed by atoms with Gasteiger partial charge in [0.05, 0.1) is 4.92 Å². The summed E-state index contributed by atoms with van der Waals surface area (Å²) in [6.07, 6.45) is 0. The van der Waals surface area contributed by atoms with Crippen LogP contribution in [0, 0.1) is 10.1 Å². The first-order chi connectivity index (χ1) is 8.15. The van der Waals surface area contributed by atoms with Gasteiger partial charge in [-0.3, -0.25) is 15.0 Å². The maximum absolute atomic E-state index is 10.5. The molecule has 1 atom stereocenters. The topological polar surface area (TPSA) is 58.4 Å². The predicted molar refractivity (Wildman–Crippen MR) is 65.8 cm³/mol. The smallest absolute Gasteiger partial charge is 0.269 e. The normalized spacial score (nSPS) is 21.4. The largest absolute Gasteiger partial charge is 0.312 e. The van der Waals surface area contributed by atoms with Crippen LogP contribution in [0.4, 0.5) is 5.69 Å². The van der Waals surface area contributed by atoms with Gasteiger partial charge in [-0.1, -0.05) is 12.1 Å². The highest BCUT2D eigenvalue weighted by Gasteiger charge is 2.15. The molecule has 17 heavy (non-hydrogen) atoms. The Kier molecular flexibility index (Phi) is 3.71. The molecule has 1 fully saturated rings. The van der Waals surface area contributed by atoms with Crippen molar-refractivity contribution in [1.29, 1.82) is 0 Å². The van der Waals surface area contributed by atoms with Gasteiger partial charge in [-0.15, -0.1) is 0 Å². The zero-order valence-electron chi connectivity index (χ0n) is 9.93. The third-order valence-corrected chi connectivity index (χ3v) is 3.01. The number of nitro benzene ring substituents is 1. The van der Waals surface area contributed by atoms with Crippen LogP contribution in [0.1, 0.15) is 12.5 Å². The summed E-state index contributed by atoms with van der Waals surface area (Å²) in [5, 5.41) is 13.9. The quantitative estimate of drug-likeness (QED) is 0.635. The number of hydrogen-bond acceptors (Lipinski definition) is 4. The maximum Gasteiger partial charge on any atom is 0.269 e. The van der Waals surface area contributed by atoms with Crippen LogP contribution in [0.25, 0.3) is 0 Å². The average Bonchev–Trinajstić information content (AvgIpc) is 2.29. The number of benzene rings is 1. The van der Waals surface area contributed by atoms with Crippen molar-refractivity contribution in [2.75, 3.05) is 19.6 Å². The molecule has 0 bridgehead atoms. The van der Waals surface area contributed by atoms with Crippen LogP contribution in [0.2, 0.25) is 0 Å². The number of hydrogen-bond donors (Lipinski definition) is 1. The Bertz CT molecular complexity index is 391. The number of rotatable bonds is 3. The fourth-order valence-electron chi connectivity index (χ4n) is 2.14. The molecule has 1 aliphatic rings. The Morgan fingerprint density at radius 1 is 1.47 bits per heavy atom. The average molecular weight is 235 g/mol. The molecule has 5 heteroatoms. The van der Waals surface area contributed by atoms with Crippen LogP contribution in [-0.2, 0) is 6.54 Å². The van der Waals surface area contributed by atoms with Crippen molar-refractivity contribution in [3.63, 3.8) is 0 Å². The number of nitrogens with zero attached hydrogens (tertiary/aromatic N) is 2. The zero-order chi connectivity index (χ0) is 12.3. The fourth-order valence-corrected chi connectivity index (χ4v) is 2.14. The lowest BCUT2D eigenvalue weighted by molar-refractivity contribution is -0.384. The van der Waals surface area contributed by atoms with Crippen molar-refractivity contribution in [2.45, 2.75) is 19.5 Å². The lowest BCUT2D eigenvalue weighted by atomic mass is 10.1. The van der Waals surface area contributed by atoms with E-state index in [9.17, 15) is 10.1 Å². The molecule has 1 aromatic rings. The van der Waals surface area contributed by atoms with Gasteiger partial charge in [0.1, 0.15) is 0 Å². The minimum Gasteiger partial charge on any atom is -0.312 e. The fraction of sp³-hybridized carbons (Fsp3) is 0.500. The van der Waals surface area contributed by atoms with Crippen molar-refractivity contribution in [3.8, 4) is 0 Å². The molecule has 1 heterocycles. The highest BCUT2D eigenvalue weighted by molar-refractivity contribution is 5.32. The summed E-state index contributed by atoms with van der Waals surface area (Å²) in [6, 6.07) is 7.33. The molecule has 1 saturated heterocycles. The van der Waals surface area contributed by atoms with Gasteiger partial charge in [0.2, 0.25) is 0 Å². The standard InChI is InChI=1S/C12H17N3O2/c1-10-8-14(7-6-13-10)9-11-2-4-12(5-3-11)15(16)17/h2-5,10,13H,6-9H2,1H3. The summed E-state index contributed by atoms with van der Waals surface area (Å²) in [5.74, 6) is 0. The van der Waals surface area contributed by atoms with E-state index in [1.807, 2.05) is 12.1 Å². The minimum absolute atomic E-state index is 0.155. The molecule has 0 radical (unpaired) electrons.